The first-order valence-corrected chi connectivity index (χ1v) is 7.46. The predicted octanol–water partition coefficient (Wildman–Crippen LogP) is 4.07. The third kappa shape index (κ3) is 2.89. The Labute approximate surface area is 130 Å². The number of H-pyrrole nitrogens is 1. The fourth-order valence-corrected chi connectivity index (χ4v) is 2.52. The van der Waals surface area contributed by atoms with Gasteiger partial charge in [0.25, 0.3) is 5.56 Å². The van der Waals surface area contributed by atoms with Crippen molar-refractivity contribution in [3.63, 3.8) is 0 Å². The number of benzene rings is 2. The smallest absolute Gasteiger partial charge is 0.253 e. The van der Waals surface area contributed by atoms with E-state index in [1.807, 2.05) is 24.3 Å². The third-order valence-electron chi connectivity index (χ3n) is 4.07. The zero-order valence-corrected chi connectivity index (χ0v) is 13.2. The number of nitrogens with one attached hydrogen (secondary N) is 2. The molecule has 0 saturated heterocycles. The van der Waals surface area contributed by atoms with Crippen LogP contribution in [0.1, 0.15) is 22.3 Å². The minimum Gasteiger partial charge on any atom is -0.381 e. The highest BCUT2D eigenvalue weighted by Gasteiger charge is 2.05. The topological polar surface area (TPSA) is 44.9 Å². The zero-order valence-electron chi connectivity index (χ0n) is 13.2. The molecule has 0 saturated carbocycles. The lowest BCUT2D eigenvalue weighted by Gasteiger charge is -2.09. The van der Waals surface area contributed by atoms with E-state index in [0.717, 1.165) is 22.2 Å². The van der Waals surface area contributed by atoms with Crippen LogP contribution in [-0.4, -0.2) is 4.98 Å². The number of anilines is 1. The van der Waals surface area contributed by atoms with Crippen LogP contribution in [0.3, 0.4) is 0 Å². The number of fused-ring (bicyclic) bond motifs is 1. The number of aromatic amines is 1. The fraction of sp³-hybridized carbons (Fsp3) is 0.211. The Morgan fingerprint density at radius 3 is 2.36 bits per heavy atom. The van der Waals surface area contributed by atoms with Crippen LogP contribution in [0.2, 0.25) is 0 Å². The van der Waals surface area contributed by atoms with E-state index >= 15 is 0 Å². The molecule has 0 aliphatic rings. The van der Waals surface area contributed by atoms with Gasteiger partial charge in [-0.15, -0.1) is 0 Å². The van der Waals surface area contributed by atoms with E-state index in [-0.39, 0.29) is 5.56 Å². The minimum absolute atomic E-state index is 0.0321. The van der Waals surface area contributed by atoms with E-state index in [1.54, 1.807) is 0 Å². The fourth-order valence-electron chi connectivity index (χ4n) is 2.52. The first kappa shape index (κ1) is 14.4. The van der Waals surface area contributed by atoms with Gasteiger partial charge in [-0.25, -0.2) is 0 Å². The number of pyridine rings is 1. The molecule has 3 aromatic rings. The van der Waals surface area contributed by atoms with Gasteiger partial charge in [-0.1, -0.05) is 17.7 Å². The van der Waals surface area contributed by atoms with Crippen molar-refractivity contribution < 1.29 is 0 Å². The average Bonchev–Trinajstić information content (AvgIpc) is 2.49. The largest absolute Gasteiger partial charge is 0.381 e. The molecule has 0 spiro atoms. The standard InChI is InChI=1S/C19H20N2O/c1-12-4-6-17(7-5-12)20-11-16-10-15-8-13(2)14(3)9-18(15)21-19(16)22/h4-10,20H,11H2,1-3H3,(H,21,22). The van der Waals surface area contributed by atoms with Gasteiger partial charge in [0.2, 0.25) is 0 Å². The van der Waals surface area contributed by atoms with Gasteiger partial charge in [-0.2, -0.15) is 0 Å². The molecule has 0 radical (unpaired) electrons. The number of hydrogen-bond donors (Lipinski definition) is 2. The van der Waals surface area contributed by atoms with Crippen LogP contribution in [0.15, 0.2) is 47.3 Å². The van der Waals surface area contributed by atoms with Crippen molar-refractivity contribution in [1.29, 1.82) is 0 Å². The highest BCUT2D eigenvalue weighted by molar-refractivity contribution is 5.80. The molecule has 0 aliphatic heterocycles. The second-order valence-electron chi connectivity index (χ2n) is 5.87. The molecule has 0 aliphatic carbocycles. The van der Waals surface area contributed by atoms with E-state index in [1.165, 1.54) is 16.7 Å². The number of hydrogen-bond acceptors (Lipinski definition) is 2. The molecular weight excluding hydrogens is 272 g/mol. The van der Waals surface area contributed by atoms with Gasteiger partial charge in [-0.05, 0) is 67.6 Å². The molecule has 2 N–H and O–H groups in total. The molecule has 3 nitrogen and oxygen atoms in total. The maximum absolute atomic E-state index is 12.2. The molecule has 112 valence electrons. The predicted molar refractivity (Wildman–Crippen MR) is 92.5 cm³/mol. The van der Waals surface area contributed by atoms with E-state index in [2.05, 4.69) is 49.3 Å². The van der Waals surface area contributed by atoms with Crippen molar-refractivity contribution >= 4 is 16.6 Å². The van der Waals surface area contributed by atoms with E-state index in [0.29, 0.717) is 6.54 Å². The molecule has 0 atom stereocenters. The monoisotopic (exact) mass is 292 g/mol. The van der Waals surface area contributed by atoms with Crippen molar-refractivity contribution in [2.24, 2.45) is 0 Å². The Kier molecular flexibility index (Phi) is 3.72. The Hall–Kier alpha value is -2.55. The summed E-state index contributed by atoms with van der Waals surface area (Å²) in [6.07, 6.45) is 0. The van der Waals surface area contributed by atoms with Gasteiger partial charge >= 0.3 is 0 Å². The van der Waals surface area contributed by atoms with Gasteiger partial charge in [-0.3, -0.25) is 4.79 Å². The highest BCUT2D eigenvalue weighted by Crippen LogP contribution is 2.18. The molecule has 1 heterocycles. The van der Waals surface area contributed by atoms with Gasteiger partial charge in [0, 0.05) is 23.3 Å². The molecule has 0 amide bonds. The van der Waals surface area contributed by atoms with Crippen molar-refractivity contribution in [3.8, 4) is 0 Å². The number of rotatable bonds is 3. The molecule has 0 fully saturated rings. The Bertz CT molecular complexity index is 876. The lowest BCUT2D eigenvalue weighted by molar-refractivity contribution is 1.09. The average molecular weight is 292 g/mol. The highest BCUT2D eigenvalue weighted by atomic mass is 16.1. The molecule has 0 bridgehead atoms. The Morgan fingerprint density at radius 1 is 0.955 bits per heavy atom. The SMILES string of the molecule is Cc1ccc(NCc2cc3cc(C)c(C)cc3[nH]c2=O)cc1. The Morgan fingerprint density at radius 2 is 1.64 bits per heavy atom. The quantitative estimate of drug-likeness (QED) is 0.764. The van der Waals surface area contributed by atoms with Crippen LogP contribution in [0, 0.1) is 20.8 Å². The number of aryl methyl sites for hydroxylation is 3. The first-order chi connectivity index (χ1) is 10.5. The van der Waals surface area contributed by atoms with Crippen molar-refractivity contribution in [1.82, 2.24) is 4.98 Å². The molecule has 22 heavy (non-hydrogen) atoms. The summed E-state index contributed by atoms with van der Waals surface area (Å²) in [5.74, 6) is 0. The molecule has 3 rings (SSSR count). The molecule has 1 aromatic heterocycles. The molecule has 2 aromatic carbocycles. The summed E-state index contributed by atoms with van der Waals surface area (Å²) in [6, 6.07) is 14.3. The maximum atomic E-state index is 12.2. The summed E-state index contributed by atoms with van der Waals surface area (Å²) in [6.45, 7) is 6.72. The lowest BCUT2D eigenvalue weighted by Crippen LogP contribution is -2.15. The molecule has 3 heteroatoms. The van der Waals surface area contributed by atoms with Crippen LogP contribution in [0.4, 0.5) is 5.69 Å². The summed E-state index contributed by atoms with van der Waals surface area (Å²) in [7, 11) is 0. The molecular formula is C19H20N2O. The zero-order chi connectivity index (χ0) is 15.7. The van der Waals surface area contributed by atoms with Crippen molar-refractivity contribution in [2.45, 2.75) is 27.3 Å². The van der Waals surface area contributed by atoms with Crippen LogP contribution in [0.5, 0.6) is 0 Å². The van der Waals surface area contributed by atoms with Crippen LogP contribution in [0.25, 0.3) is 10.9 Å². The summed E-state index contributed by atoms with van der Waals surface area (Å²) in [5.41, 5.74) is 6.27. The van der Waals surface area contributed by atoms with E-state index in [4.69, 9.17) is 0 Å². The van der Waals surface area contributed by atoms with Crippen LogP contribution < -0.4 is 10.9 Å². The summed E-state index contributed by atoms with van der Waals surface area (Å²) in [4.78, 5) is 15.2. The first-order valence-electron chi connectivity index (χ1n) is 7.46. The summed E-state index contributed by atoms with van der Waals surface area (Å²) in [5, 5.41) is 4.37. The van der Waals surface area contributed by atoms with Crippen molar-refractivity contribution in [2.75, 3.05) is 5.32 Å². The summed E-state index contributed by atoms with van der Waals surface area (Å²) >= 11 is 0. The lowest BCUT2D eigenvalue weighted by atomic mass is 10.0. The minimum atomic E-state index is -0.0321. The Balaban J connectivity index is 1.90. The second kappa shape index (κ2) is 5.68. The van der Waals surface area contributed by atoms with Gasteiger partial charge in [0.15, 0.2) is 0 Å². The molecule has 0 unspecified atom stereocenters. The van der Waals surface area contributed by atoms with Crippen LogP contribution >= 0.6 is 0 Å². The van der Waals surface area contributed by atoms with Crippen molar-refractivity contribution in [3.05, 3.63) is 75.1 Å². The van der Waals surface area contributed by atoms with E-state index in [9.17, 15) is 4.79 Å². The third-order valence-corrected chi connectivity index (χ3v) is 4.07. The van der Waals surface area contributed by atoms with E-state index < -0.39 is 0 Å². The summed E-state index contributed by atoms with van der Waals surface area (Å²) < 4.78 is 0. The van der Waals surface area contributed by atoms with Gasteiger partial charge in [0.05, 0.1) is 0 Å². The maximum Gasteiger partial charge on any atom is 0.253 e. The van der Waals surface area contributed by atoms with Gasteiger partial charge in [0.1, 0.15) is 0 Å². The second-order valence-corrected chi connectivity index (χ2v) is 5.87. The van der Waals surface area contributed by atoms with Gasteiger partial charge < -0.3 is 10.3 Å². The normalized spacial score (nSPS) is 10.9. The number of aromatic nitrogens is 1. The van der Waals surface area contributed by atoms with Crippen LogP contribution in [-0.2, 0) is 6.54 Å².